The first kappa shape index (κ1) is 47.9. The van der Waals surface area contributed by atoms with E-state index < -0.39 is 29.0 Å². The first-order valence-corrected chi connectivity index (χ1v) is 25.3. The molecule has 0 heterocycles. The van der Waals surface area contributed by atoms with Crippen molar-refractivity contribution < 1.29 is 43.9 Å². The number of hydrogen-bond donors (Lipinski definition) is 4. The van der Waals surface area contributed by atoms with E-state index in [1.807, 2.05) is 73.8 Å². The number of benzene rings is 6. The third-order valence-corrected chi connectivity index (χ3v) is 16.5. The number of methoxy groups -OCH3 is 2. The van der Waals surface area contributed by atoms with Gasteiger partial charge in [0.15, 0.2) is 23.0 Å². The minimum atomic E-state index is -0.946. The number of carbonyl (C=O) groups is 2. The lowest BCUT2D eigenvalue weighted by Crippen LogP contribution is -2.54. The number of phenolic OH excluding ortho intramolecular Hbond substituents is 3. The van der Waals surface area contributed by atoms with Gasteiger partial charge in [0.25, 0.3) is 0 Å². The van der Waals surface area contributed by atoms with Gasteiger partial charge in [-0.3, -0.25) is 9.59 Å². The molecule has 2 saturated carbocycles. The molecule has 4 aliphatic rings. The quantitative estimate of drug-likeness (QED) is 0.0927. The number of allylic oxidation sites excluding steroid dienone is 1. The zero-order chi connectivity index (χ0) is 49.4. The number of hydrogen-bond acceptors (Lipinski definition) is 10. The van der Waals surface area contributed by atoms with Gasteiger partial charge in [0.1, 0.15) is 18.0 Å². The second kappa shape index (κ2) is 19.8. The third kappa shape index (κ3) is 9.12. The van der Waals surface area contributed by atoms with Crippen molar-refractivity contribution in [2.45, 2.75) is 108 Å². The molecule has 0 aliphatic heterocycles. The minimum absolute atomic E-state index is 0.0586. The van der Waals surface area contributed by atoms with Gasteiger partial charge in [-0.2, -0.15) is 0 Å². The normalized spacial score (nSPS) is 23.5. The number of fused-ring (bicyclic) bond motifs is 7. The molecule has 0 bridgehead atoms. The molecule has 0 saturated heterocycles. The highest BCUT2D eigenvalue weighted by Gasteiger charge is 2.56. The number of aromatic hydroxyl groups is 3. The maximum Gasteiger partial charge on any atom is 0.316 e. The molecule has 2 fully saturated rings. The van der Waals surface area contributed by atoms with Gasteiger partial charge < -0.3 is 39.6 Å². The van der Waals surface area contributed by atoms with Crippen LogP contribution >= 0.6 is 0 Å². The number of phenols is 3. The van der Waals surface area contributed by atoms with Crippen LogP contribution in [0.5, 0.6) is 28.7 Å². The second-order valence-electron chi connectivity index (χ2n) is 20.6. The van der Waals surface area contributed by atoms with Crippen LogP contribution in [0.25, 0.3) is 28.0 Å². The molecule has 0 aromatic heterocycles. The number of ether oxygens (including phenoxy) is 4. The fourth-order valence-corrected chi connectivity index (χ4v) is 13.3. The number of carbonyl (C=O) groups excluding carboxylic acids is 2. The SMILES string of the molecule is CNCc1cccc(-c2cc(O)cc3ccc(C4(C(=O)OC5CC(OC(C)=O)C6Cc7cc(OC)c(O)cc7CC6(C=Cc6ccccc6)C6CCc7cc(O)c(OC)cc7C6C5)CCCCC4)cc23)c1. The summed E-state index contributed by atoms with van der Waals surface area (Å²) in [7, 11) is 5.04. The molecule has 0 spiro atoms. The predicted octanol–water partition coefficient (Wildman–Crippen LogP) is 11.7. The van der Waals surface area contributed by atoms with Gasteiger partial charge in [-0.05, 0) is 173 Å². The monoisotopic (exact) mass is 955 g/mol. The highest BCUT2D eigenvalue weighted by Crippen LogP contribution is 2.61. The van der Waals surface area contributed by atoms with E-state index in [1.54, 1.807) is 20.3 Å². The van der Waals surface area contributed by atoms with E-state index in [9.17, 15) is 20.1 Å². The molecule has 10 nitrogen and oxygen atoms in total. The van der Waals surface area contributed by atoms with E-state index in [0.29, 0.717) is 56.6 Å². The summed E-state index contributed by atoms with van der Waals surface area (Å²) < 4.78 is 25.1. The van der Waals surface area contributed by atoms with E-state index in [2.05, 4.69) is 53.9 Å². The first-order valence-electron chi connectivity index (χ1n) is 25.3. The molecule has 6 aromatic rings. The van der Waals surface area contributed by atoms with E-state index in [0.717, 1.165) is 86.5 Å². The Labute approximate surface area is 416 Å². The van der Waals surface area contributed by atoms with Gasteiger partial charge >= 0.3 is 11.9 Å². The Morgan fingerprint density at radius 2 is 1.52 bits per heavy atom. The minimum Gasteiger partial charge on any atom is -0.508 e. The van der Waals surface area contributed by atoms with Crippen molar-refractivity contribution >= 4 is 28.8 Å². The lowest BCUT2D eigenvalue weighted by atomic mass is 9.49. The van der Waals surface area contributed by atoms with Crippen molar-refractivity contribution in [2.24, 2.45) is 17.3 Å². The second-order valence-corrected chi connectivity index (χ2v) is 20.6. The van der Waals surface area contributed by atoms with Gasteiger partial charge in [0.05, 0.1) is 19.6 Å². The zero-order valence-electron chi connectivity index (χ0n) is 41.2. The topological polar surface area (TPSA) is 144 Å². The molecule has 0 amide bonds. The van der Waals surface area contributed by atoms with E-state index in [4.69, 9.17) is 18.9 Å². The van der Waals surface area contributed by atoms with E-state index >= 15 is 4.79 Å². The third-order valence-electron chi connectivity index (χ3n) is 16.5. The molecule has 6 aromatic carbocycles. The number of aryl methyl sites for hydroxylation is 1. The number of nitrogens with one attached hydrogen (secondary N) is 1. The maximum absolute atomic E-state index is 15.7. The average Bonchev–Trinajstić information content (AvgIpc) is 3.37. The predicted molar refractivity (Wildman–Crippen MR) is 276 cm³/mol. The Kier molecular flexibility index (Phi) is 13.3. The highest BCUT2D eigenvalue weighted by molar-refractivity contribution is 5.99. The Morgan fingerprint density at radius 3 is 2.27 bits per heavy atom. The van der Waals surface area contributed by atoms with Crippen LogP contribution in [0, 0.1) is 17.3 Å². The summed E-state index contributed by atoms with van der Waals surface area (Å²) in [5.74, 6) is -0.0863. The van der Waals surface area contributed by atoms with Crippen LogP contribution in [-0.4, -0.2) is 60.7 Å². The maximum atomic E-state index is 15.7. The molecule has 0 radical (unpaired) electrons. The molecule has 10 rings (SSSR count). The highest BCUT2D eigenvalue weighted by atomic mass is 16.6. The van der Waals surface area contributed by atoms with Crippen LogP contribution in [0.1, 0.15) is 103 Å². The molecule has 71 heavy (non-hydrogen) atoms. The van der Waals surface area contributed by atoms with E-state index in [1.165, 1.54) is 6.92 Å². The van der Waals surface area contributed by atoms with Crippen molar-refractivity contribution in [3.05, 3.63) is 154 Å². The van der Waals surface area contributed by atoms with Crippen LogP contribution in [-0.2, 0) is 50.3 Å². The summed E-state index contributed by atoms with van der Waals surface area (Å²) in [6, 6.07) is 35.9. The van der Waals surface area contributed by atoms with Crippen LogP contribution in [0.15, 0.2) is 115 Å². The lowest BCUT2D eigenvalue weighted by molar-refractivity contribution is -0.169. The Balaban J connectivity index is 1.11. The van der Waals surface area contributed by atoms with Crippen molar-refractivity contribution in [2.75, 3.05) is 21.3 Å². The summed E-state index contributed by atoms with van der Waals surface area (Å²) >= 11 is 0. The summed E-state index contributed by atoms with van der Waals surface area (Å²) in [5, 5.41) is 38.5. The molecule has 10 heteroatoms. The van der Waals surface area contributed by atoms with Gasteiger partial charge in [0.2, 0.25) is 0 Å². The number of esters is 2. The van der Waals surface area contributed by atoms with Gasteiger partial charge in [-0.1, -0.05) is 92.1 Å². The standard InChI is InChI=1S/C61H65NO9/c1-37(63)70-56-33-47(71-59(67)60(21-9-6-10-22-60)45-18-16-41-25-46(64)31-49(48(41)30-45)40-15-11-14-39(24-40)36-62-2)32-51-50-34-58(69-4)54(65)27-42(50)17-19-52(51)61(23-20-38-12-7-5-8-13-38)35-44-28-55(66)57(68-3)29-43(44)26-53(56)61/h5,7-8,11-16,18,20,23-25,27-31,34,47,51-53,56,62,64-66H,6,9-10,17,19,21-22,26,32-33,35-36H2,1-4H3. The van der Waals surface area contributed by atoms with Gasteiger partial charge in [-0.15, -0.1) is 0 Å². The molecule has 4 N–H and O–H groups in total. The lowest BCUT2D eigenvalue weighted by Gasteiger charge is -2.56. The Bertz CT molecular complexity index is 2990. The molecule has 6 unspecified atom stereocenters. The van der Waals surface area contributed by atoms with Crippen molar-refractivity contribution in [1.82, 2.24) is 5.32 Å². The molecule has 368 valence electrons. The smallest absolute Gasteiger partial charge is 0.316 e. The van der Waals surface area contributed by atoms with Crippen LogP contribution in [0.2, 0.25) is 0 Å². The molecular weight excluding hydrogens is 891 g/mol. The summed E-state index contributed by atoms with van der Waals surface area (Å²) in [4.78, 5) is 29.2. The molecule has 4 aliphatic carbocycles. The summed E-state index contributed by atoms with van der Waals surface area (Å²) in [6.45, 7) is 2.16. The Morgan fingerprint density at radius 1 is 0.761 bits per heavy atom. The van der Waals surface area contributed by atoms with Gasteiger partial charge in [0, 0.05) is 31.2 Å². The van der Waals surface area contributed by atoms with Crippen LogP contribution in [0.3, 0.4) is 0 Å². The van der Waals surface area contributed by atoms with Crippen molar-refractivity contribution in [1.29, 1.82) is 0 Å². The van der Waals surface area contributed by atoms with E-state index in [-0.39, 0.29) is 47.4 Å². The first-order chi connectivity index (χ1) is 34.4. The fourth-order valence-electron chi connectivity index (χ4n) is 13.3. The Hall–Kier alpha value is -6.78. The van der Waals surface area contributed by atoms with Crippen molar-refractivity contribution in [3.63, 3.8) is 0 Å². The van der Waals surface area contributed by atoms with Crippen LogP contribution in [0.4, 0.5) is 0 Å². The average molecular weight is 956 g/mol. The molecular formula is C61H65NO9. The fraction of sp³-hybridized carbons (Fsp3) is 0.377. The van der Waals surface area contributed by atoms with Crippen molar-refractivity contribution in [3.8, 4) is 39.9 Å². The van der Waals surface area contributed by atoms with Gasteiger partial charge in [-0.25, -0.2) is 0 Å². The largest absolute Gasteiger partial charge is 0.508 e. The molecule has 6 atom stereocenters. The summed E-state index contributed by atoms with van der Waals surface area (Å²) in [5.41, 5.74) is 7.46. The summed E-state index contributed by atoms with van der Waals surface area (Å²) in [6.07, 6.45) is 10.5. The van der Waals surface area contributed by atoms with Crippen LogP contribution < -0.4 is 14.8 Å². The zero-order valence-corrected chi connectivity index (χ0v) is 41.2. The number of rotatable bonds is 11.